The molecule has 6 heteroatoms. The summed E-state index contributed by atoms with van der Waals surface area (Å²) in [5, 5.41) is 4.05. The summed E-state index contributed by atoms with van der Waals surface area (Å²) in [4.78, 5) is 4.20. The lowest BCUT2D eigenvalue weighted by atomic mass is 9.83. The van der Waals surface area contributed by atoms with Gasteiger partial charge in [0.05, 0.1) is 12.1 Å². The van der Waals surface area contributed by atoms with Gasteiger partial charge in [-0.05, 0) is 5.41 Å². The third-order valence-corrected chi connectivity index (χ3v) is 2.89. The normalized spacial score (nSPS) is 15.9. The number of nitrogens with two attached hydrogens (primary N) is 1. The van der Waals surface area contributed by atoms with Gasteiger partial charge >= 0.3 is 0 Å². The fourth-order valence-electron chi connectivity index (χ4n) is 2.08. The number of methoxy groups -OCH3 is 1. The number of ether oxygens (including phenoxy) is 1. The Morgan fingerprint density at radius 2 is 2.18 bits per heavy atom. The molecule has 0 saturated carbocycles. The molecule has 0 aliphatic carbocycles. The zero-order valence-electron chi connectivity index (χ0n) is 11.3. The van der Waals surface area contributed by atoms with Crippen molar-refractivity contribution in [3.63, 3.8) is 0 Å². The molecule has 0 radical (unpaired) electrons. The van der Waals surface area contributed by atoms with E-state index in [4.69, 9.17) is 10.6 Å². The van der Waals surface area contributed by atoms with Crippen molar-refractivity contribution in [2.24, 2.45) is 18.3 Å². The first kappa shape index (κ1) is 14.1. The Bertz CT molecular complexity index is 344. The lowest BCUT2D eigenvalue weighted by Crippen LogP contribution is -2.51. The molecular formula is C11H23N5O. The van der Waals surface area contributed by atoms with E-state index in [9.17, 15) is 0 Å². The zero-order chi connectivity index (χ0) is 13.1. The quantitative estimate of drug-likeness (QED) is 0.571. The highest BCUT2D eigenvalue weighted by Crippen LogP contribution is 2.25. The Kier molecular flexibility index (Phi) is 4.62. The SMILES string of the molecule is COC(C(Cc1ncnn1C)NN)C(C)(C)C. The number of nitrogens with one attached hydrogen (secondary N) is 1. The Hall–Kier alpha value is -0.980. The average Bonchev–Trinajstić information content (AvgIpc) is 2.62. The van der Waals surface area contributed by atoms with Gasteiger partial charge in [-0.1, -0.05) is 20.8 Å². The Morgan fingerprint density at radius 1 is 1.53 bits per heavy atom. The highest BCUT2D eigenvalue weighted by Gasteiger charge is 2.32. The molecule has 1 aromatic rings. The minimum Gasteiger partial charge on any atom is -0.379 e. The summed E-state index contributed by atoms with van der Waals surface area (Å²) in [6, 6.07) is 0.00269. The molecule has 2 unspecified atom stereocenters. The zero-order valence-corrected chi connectivity index (χ0v) is 11.3. The molecule has 1 rings (SSSR count). The molecule has 0 saturated heterocycles. The number of aromatic nitrogens is 3. The van der Waals surface area contributed by atoms with E-state index in [1.807, 2.05) is 7.05 Å². The van der Waals surface area contributed by atoms with Gasteiger partial charge in [-0.25, -0.2) is 4.98 Å². The van der Waals surface area contributed by atoms with Crippen LogP contribution >= 0.6 is 0 Å². The van der Waals surface area contributed by atoms with Gasteiger partial charge in [0.15, 0.2) is 0 Å². The molecule has 0 spiro atoms. The largest absolute Gasteiger partial charge is 0.379 e. The number of hydrogen-bond acceptors (Lipinski definition) is 5. The van der Waals surface area contributed by atoms with E-state index in [-0.39, 0.29) is 17.6 Å². The maximum Gasteiger partial charge on any atom is 0.138 e. The van der Waals surface area contributed by atoms with Crippen molar-refractivity contribution < 1.29 is 4.74 Å². The summed E-state index contributed by atoms with van der Waals surface area (Å²) in [6.07, 6.45) is 2.23. The molecule has 1 heterocycles. The van der Waals surface area contributed by atoms with Gasteiger partial charge < -0.3 is 4.74 Å². The van der Waals surface area contributed by atoms with E-state index in [0.717, 1.165) is 5.82 Å². The number of hydrazine groups is 1. The van der Waals surface area contributed by atoms with Gasteiger partial charge in [0, 0.05) is 20.6 Å². The molecule has 0 aliphatic rings. The van der Waals surface area contributed by atoms with E-state index in [1.165, 1.54) is 0 Å². The van der Waals surface area contributed by atoms with Gasteiger partial charge in [0.2, 0.25) is 0 Å². The first-order chi connectivity index (χ1) is 7.90. The van der Waals surface area contributed by atoms with E-state index in [1.54, 1.807) is 18.1 Å². The predicted octanol–water partition coefficient (Wildman–Crippen LogP) is 0.251. The van der Waals surface area contributed by atoms with Gasteiger partial charge in [-0.15, -0.1) is 0 Å². The summed E-state index contributed by atoms with van der Waals surface area (Å²) < 4.78 is 7.31. The molecule has 6 nitrogen and oxygen atoms in total. The Balaban J connectivity index is 2.81. The molecule has 0 aromatic carbocycles. The lowest BCUT2D eigenvalue weighted by Gasteiger charge is -2.35. The molecular weight excluding hydrogens is 218 g/mol. The van der Waals surface area contributed by atoms with E-state index < -0.39 is 0 Å². The van der Waals surface area contributed by atoms with Crippen molar-refractivity contribution in [2.45, 2.75) is 39.3 Å². The topological polar surface area (TPSA) is 78.0 Å². The molecule has 1 aromatic heterocycles. The molecule has 17 heavy (non-hydrogen) atoms. The maximum absolute atomic E-state index is 5.63. The van der Waals surface area contributed by atoms with Crippen molar-refractivity contribution in [2.75, 3.05) is 7.11 Å². The summed E-state index contributed by atoms with van der Waals surface area (Å²) in [7, 11) is 3.58. The van der Waals surface area contributed by atoms with Crippen LogP contribution in [0.1, 0.15) is 26.6 Å². The molecule has 0 bridgehead atoms. The summed E-state index contributed by atoms with van der Waals surface area (Å²) in [6.45, 7) is 6.38. The van der Waals surface area contributed by atoms with Gasteiger partial charge in [0.25, 0.3) is 0 Å². The van der Waals surface area contributed by atoms with Crippen LogP contribution in [0.3, 0.4) is 0 Å². The lowest BCUT2D eigenvalue weighted by molar-refractivity contribution is -0.0116. The fourth-order valence-corrected chi connectivity index (χ4v) is 2.08. The number of hydrogen-bond donors (Lipinski definition) is 2. The smallest absolute Gasteiger partial charge is 0.138 e. The first-order valence-corrected chi connectivity index (χ1v) is 5.72. The molecule has 0 amide bonds. The first-order valence-electron chi connectivity index (χ1n) is 5.72. The molecule has 2 atom stereocenters. The minimum atomic E-state index is 0.00269. The maximum atomic E-state index is 5.63. The summed E-state index contributed by atoms with van der Waals surface area (Å²) >= 11 is 0. The second-order valence-corrected chi connectivity index (χ2v) is 5.30. The molecule has 3 N–H and O–H groups in total. The second kappa shape index (κ2) is 5.57. The van der Waals surface area contributed by atoms with Crippen LogP contribution in [0.4, 0.5) is 0 Å². The third kappa shape index (κ3) is 3.49. The van der Waals surface area contributed by atoms with Crippen LogP contribution in [0.25, 0.3) is 0 Å². The van der Waals surface area contributed by atoms with E-state index in [2.05, 4.69) is 36.3 Å². The fraction of sp³-hybridized carbons (Fsp3) is 0.818. The summed E-state index contributed by atoms with van der Waals surface area (Å²) in [5.74, 6) is 6.51. The van der Waals surface area contributed by atoms with Gasteiger partial charge in [-0.3, -0.25) is 16.0 Å². The standard InChI is InChI=1S/C11H23N5O/c1-11(2,3)10(17-5)8(15-12)6-9-13-7-14-16(9)4/h7-8,10,15H,6,12H2,1-5H3. The van der Waals surface area contributed by atoms with Crippen LogP contribution in [0.5, 0.6) is 0 Å². The van der Waals surface area contributed by atoms with Crippen LogP contribution in [0.15, 0.2) is 6.33 Å². The van der Waals surface area contributed by atoms with Crippen LogP contribution < -0.4 is 11.3 Å². The molecule has 98 valence electrons. The van der Waals surface area contributed by atoms with Crippen molar-refractivity contribution in [1.82, 2.24) is 20.2 Å². The van der Waals surface area contributed by atoms with Crippen molar-refractivity contribution >= 4 is 0 Å². The second-order valence-electron chi connectivity index (χ2n) is 5.30. The highest BCUT2D eigenvalue weighted by molar-refractivity contribution is 4.94. The highest BCUT2D eigenvalue weighted by atomic mass is 16.5. The van der Waals surface area contributed by atoms with Crippen LogP contribution in [0.2, 0.25) is 0 Å². The molecule has 0 aliphatic heterocycles. The van der Waals surface area contributed by atoms with Crippen molar-refractivity contribution in [1.29, 1.82) is 0 Å². The monoisotopic (exact) mass is 241 g/mol. The molecule has 0 fully saturated rings. The van der Waals surface area contributed by atoms with Gasteiger partial charge in [-0.2, -0.15) is 5.10 Å². The minimum absolute atomic E-state index is 0.00269. The van der Waals surface area contributed by atoms with E-state index in [0.29, 0.717) is 6.42 Å². The predicted molar refractivity (Wildman–Crippen MR) is 66.1 cm³/mol. The number of aryl methyl sites for hydroxylation is 1. The number of rotatable bonds is 5. The van der Waals surface area contributed by atoms with Crippen LogP contribution in [0, 0.1) is 5.41 Å². The van der Waals surface area contributed by atoms with Crippen molar-refractivity contribution in [3.8, 4) is 0 Å². The van der Waals surface area contributed by atoms with E-state index >= 15 is 0 Å². The Morgan fingerprint density at radius 3 is 2.53 bits per heavy atom. The summed E-state index contributed by atoms with van der Waals surface area (Å²) in [5.41, 5.74) is 2.82. The average molecular weight is 241 g/mol. The van der Waals surface area contributed by atoms with Gasteiger partial charge in [0.1, 0.15) is 12.2 Å². The van der Waals surface area contributed by atoms with Crippen molar-refractivity contribution in [3.05, 3.63) is 12.2 Å². The third-order valence-electron chi connectivity index (χ3n) is 2.89. The number of nitrogens with zero attached hydrogens (tertiary/aromatic N) is 3. The van der Waals surface area contributed by atoms with Crippen LogP contribution in [-0.4, -0.2) is 34.0 Å². The van der Waals surface area contributed by atoms with Crippen LogP contribution in [-0.2, 0) is 18.2 Å². The Labute approximate surface area is 103 Å².